The van der Waals surface area contributed by atoms with Crippen LogP contribution in [0.4, 0.5) is 0 Å². The minimum absolute atomic E-state index is 0.490. The highest BCUT2D eigenvalue weighted by Gasteiger charge is 2.35. The second kappa shape index (κ2) is 4.17. The van der Waals surface area contributed by atoms with Crippen LogP contribution in [0.5, 0.6) is 0 Å². The molecule has 0 aromatic carbocycles. The molecule has 0 aromatic heterocycles. The Morgan fingerprint density at radius 2 is 2.00 bits per heavy atom. The molecule has 2 rings (SSSR count). The third kappa shape index (κ3) is 2.10. The molecule has 2 unspecified atom stereocenters. The Labute approximate surface area is 87.0 Å². The molecule has 0 N–H and O–H groups in total. The minimum Gasteiger partial charge on any atom is -0.375 e. The van der Waals surface area contributed by atoms with Gasteiger partial charge in [0.1, 0.15) is 0 Å². The van der Waals surface area contributed by atoms with Gasteiger partial charge in [0.25, 0.3) is 0 Å². The number of likely N-dealkylation sites (tertiary alicyclic amines) is 1. The maximum absolute atomic E-state index is 5.89. The summed E-state index contributed by atoms with van der Waals surface area (Å²) in [7, 11) is 2.19. The fourth-order valence-electron chi connectivity index (χ4n) is 2.60. The molecular formula is C11H22N2O. The Morgan fingerprint density at radius 1 is 1.21 bits per heavy atom. The van der Waals surface area contributed by atoms with E-state index in [1.54, 1.807) is 0 Å². The van der Waals surface area contributed by atoms with Crippen LogP contribution in [-0.4, -0.2) is 61.8 Å². The number of ether oxygens (including phenoxy) is 1. The second-order valence-electron chi connectivity index (χ2n) is 4.98. The first-order valence-corrected chi connectivity index (χ1v) is 5.71. The molecule has 0 spiro atoms. The monoisotopic (exact) mass is 198 g/mol. The van der Waals surface area contributed by atoms with Gasteiger partial charge in [0, 0.05) is 38.1 Å². The van der Waals surface area contributed by atoms with E-state index in [0.717, 1.165) is 25.6 Å². The van der Waals surface area contributed by atoms with Crippen molar-refractivity contribution in [3.05, 3.63) is 0 Å². The Bertz CT molecular complexity index is 196. The largest absolute Gasteiger partial charge is 0.375 e. The van der Waals surface area contributed by atoms with Gasteiger partial charge in [0.15, 0.2) is 0 Å². The van der Waals surface area contributed by atoms with E-state index in [1.807, 2.05) is 0 Å². The van der Waals surface area contributed by atoms with Crippen molar-refractivity contribution in [1.29, 1.82) is 0 Å². The standard InChI is InChI=1S/C11H22N2O/c1-9(2)13-4-5-14-11-8-12(3)6-10(11)7-13/h9-11H,4-8H2,1-3H3. The maximum Gasteiger partial charge on any atom is 0.0755 e. The molecule has 2 aliphatic heterocycles. The van der Waals surface area contributed by atoms with Crippen molar-refractivity contribution in [1.82, 2.24) is 9.80 Å². The van der Waals surface area contributed by atoms with E-state index in [2.05, 4.69) is 30.7 Å². The molecule has 3 heteroatoms. The highest BCUT2D eigenvalue weighted by atomic mass is 16.5. The number of nitrogens with zero attached hydrogens (tertiary/aromatic N) is 2. The zero-order chi connectivity index (χ0) is 10.1. The molecule has 3 nitrogen and oxygen atoms in total. The molecule has 0 amide bonds. The van der Waals surface area contributed by atoms with Gasteiger partial charge >= 0.3 is 0 Å². The highest BCUT2D eigenvalue weighted by molar-refractivity contribution is 4.87. The second-order valence-corrected chi connectivity index (χ2v) is 4.98. The fraction of sp³-hybridized carbons (Fsp3) is 1.00. The summed E-state index contributed by atoms with van der Waals surface area (Å²) in [5.74, 6) is 0.727. The lowest BCUT2D eigenvalue weighted by molar-refractivity contribution is 0.0524. The fourth-order valence-corrected chi connectivity index (χ4v) is 2.60. The zero-order valence-corrected chi connectivity index (χ0v) is 9.57. The SMILES string of the molecule is CC(C)N1CCOC2CN(C)CC2C1. The van der Waals surface area contributed by atoms with E-state index >= 15 is 0 Å². The van der Waals surface area contributed by atoms with Crippen LogP contribution in [0.25, 0.3) is 0 Å². The van der Waals surface area contributed by atoms with E-state index in [4.69, 9.17) is 4.74 Å². The van der Waals surface area contributed by atoms with Crippen LogP contribution in [-0.2, 0) is 4.74 Å². The summed E-state index contributed by atoms with van der Waals surface area (Å²) in [6.07, 6.45) is 0.490. The first-order valence-electron chi connectivity index (χ1n) is 5.71. The van der Waals surface area contributed by atoms with Crippen molar-refractivity contribution in [2.45, 2.75) is 26.0 Å². The van der Waals surface area contributed by atoms with Crippen molar-refractivity contribution in [2.75, 3.05) is 39.8 Å². The van der Waals surface area contributed by atoms with Crippen molar-refractivity contribution in [3.63, 3.8) is 0 Å². The van der Waals surface area contributed by atoms with Crippen LogP contribution < -0.4 is 0 Å². The number of likely N-dealkylation sites (N-methyl/N-ethyl adjacent to an activating group) is 1. The summed E-state index contributed by atoms with van der Waals surface area (Å²) in [5, 5.41) is 0. The van der Waals surface area contributed by atoms with Crippen LogP contribution in [0.1, 0.15) is 13.8 Å². The predicted molar refractivity (Wildman–Crippen MR) is 57.4 cm³/mol. The summed E-state index contributed by atoms with van der Waals surface area (Å²) in [5.41, 5.74) is 0. The Kier molecular flexibility index (Phi) is 3.10. The molecule has 14 heavy (non-hydrogen) atoms. The minimum atomic E-state index is 0.490. The predicted octanol–water partition coefficient (Wildman–Crippen LogP) is 0.657. The van der Waals surface area contributed by atoms with Crippen molar-refractivity contribution < 1.29 is 4.74 Å². The molecule has 0 saturated carbocycles. The van der Waals surface area contributed by atoms with E-state index < -0.39 is 0 Å². The van der Waals surface area contributed by atoms with E-state index in [1.165, 1.54) is 13.1 Å². The van der Waals surface area contributed by atoms with Crippen LogP contribution in [0.3, 0.4) is 0 Å². The Morgan fingerprint density at radius 3 is 2.71 bits per heavy atom. The van der Waals surface area contributed by atoms with Crippen LogP contribution >= 0.6 is 0 Å². The quantitative estimate of drug-likeness (QED) is 0.615. The van der Waals surface area contributed by atoms with Gasteiger partial charge in [-0.3, -0.25) is 4.90 Å². The van der Waals surface area contributed by atoms with Gasteiger partial charge < -0.3 is 9.64 Å². The first-order chi connectivity index (χ1) is 6.66. The molecule has 0 bridgehead atoms. The maximum atomic E-state index is 5.89. The van der Waals surface area contributed by atoms with Crippen LogP contribution in [0, 0.1) is 5.92 Å². The number of rotatable bonds is 1. The molecule has 2 fully saturated rings. The third-order valence-corrected chi connectivity index (χ3v) is 3.47. The average molecular weight is 198 g/mol. The summed E-state index contributed by atoms with van der Waals surface area (Å²) in [4.78, 5) is 4.93. The highest BCUT2D eigenvalue weighted by Crippen LogP contribution is 2.23. The van der Waals surface area contributed by atoms with Crippen molar-refractivity contribution in [2.24, 2.45) is 5.92 Å². The lowest BCUT2D eigenvalue weighted by atomic mass is 10.1. The molecular weight excluding hydrogens is 176 g/mol. The average Bonchev–Trinajstić information content (AvgIpc) is 2.32. The lowest BCUT2D eigenvalue weighted by Gasteiger charge is -2.26. The van der Waals surface area contributed by atoms with Gasteiger partial charge in [-0.15, -0.1) is 0 Å². The molecule has 82 valence electrons. The van der Waals surface area contributed by atoms with Crippen molar-refractivity contribution >= 4 is 0 Å². The number of hydrogen-bond acceptors (Lipinski definition) is 3. The lowest BCUT2D eigenvalue weighted by Crippen LogP contribution is -2.37. The molecule has 2 atom stereocenters. The molecule has 2 aliphatic rings. The number of fused-ring (bicyclic) bond motifs is 1. The first kappa shape index (κ1) is 10.4. The number of hydrogen-bond donors (Lipinski definition) is 0. The summed E-state index contributed by atoms with van der Waals surface area (Å²) in [6, 6.07) is 0.656. The van der Waals surface area contributed by atoms with Gasteiger partial charge in [-0.05, 0) is 20.9 Å². The Balaban J connectivity index is 1.98. The smallest absolute Gasteiger partial charge is 0.0755 e. The van der Waals surface area contributed by atoms with Crippen LogP contribution in [0.2, 0.25) is 0 Å². The Hall–Kier alpha value is -0.120. The normalized spacial score (nSPS) is 36.0. The van der Waals surface area contributed by atoms with Gasteiger partial charge in [0.05, 0.1) is 12.7 Å². The van der Waals surface area contributed by atoms with Gasteiger partial charge in [-0.1, -0.05) is 0 Å². The zero-order valence-electron chi connectivity index (χ0n) is 9.57. The third-order valence-electron chi connectivity index (χ3n) is 3.47. The van der Waals surface area contributed by atoms with Crippen LogP contribution in [0.15, 0.2) is 0 Å². The van der Waals surface area contributed by atoms with E-state index in [-0.39, 0.29) is 0 Å². The van der Waals surface area contributed by atoms with Gasteiger partial charge in [0.2, 0.25) is 0 Å². The topological polar surface area (TPSA) is 15.7 Å². The molecule has 2 saturated heterocycles. The molecule has 0 aliphatic carbocycles. The molecule has 2 heterocycles. The molecule has 0 radical (unpaired) electrons. The van der Waals surface area contributed by atoms with Crippen molar-refractivity contribution in [3.8, 4) is 0 Å². The summed E-state index contributed by atoms with van der Waals surface area (Å²) < 4.78 is 5.89. The van der Waals surface area contributed by atoms with Gasteiger partial charge in [-0.2, -0.15) is 0 Å². The van der Waals surface area contributed by atoms with Gasteiger partial charge in [-0.25, -0.2) is 0 Å². The summed E-state index contributed by atoms with van der Waals surface area (Å²) in [6.45, 7) is 10.1. The summed E-state index contributed by atoms with van der Waals surface area (Å²) >= 11 is 0. The van der Waals surface area contributed by atoms with E-state index in [0.29, 0.717) is 12.1 Å². The van der Waals surface area contributed by atoms with E-state index in [9.17, 15) is 0 Å². The molecule has 0 aromatic rings.